The van der Waals surface area contributed by atoms with Crippen LogP contribution in [0.15, 0.2) is 18.2 Å². The van der Waals surface area contributed by atoms with Crippen molar-refractivity contribution in [3.05, 3.63) is 29.6 Å². The number of pyridine rings is 1. The normalized spacial score (nSPS) is 28.6. The third kappa shape index (κ3) is 3.07. The summed E-state index contributed by atoms with van der Waals surface area (Å²) in [6, 6.07) is 6.20. The van der Waals surface area contributed by atoms with E-state index >= 15 is 0 Å². The van der Waals surface area contributed by atoms with Gasteiger partial charge in [-0.25, -0.2) is 0 Å². The lowest BCUT2D eigenvalue weighted by Crippen LogP contribution is -2.59. The monoisotopic (exact) mass is 249 g/mol. The zero-order valence-electron chi connectivity index (χ0n) is 11.5. The molecule has 0 amide bonds. The molecule has 1 saturated heterocycles. The maximum Gasteiger partial charge on any atom is 0.0798 e. The molecule has 0 aliphatic carbocycles. The number of hydrogen-bond acceptors (Lipinski definition) is 4. The Balaban J connectivity index is 2.05. The van der Waals surface area contributed by atoms with Crippen molar-refractivity contribution in [2.45, 2.75) is 38.5 Å². The van der Waals surface area contributed by atoms with Crippen molar-refractivity contribution in [3.8, 4) is 0 Å². The van der Waals surface area contributed by atoms with Gasteiger partial charge in [-0.15, -0.1) is 0 Å². The maximum atomic E-state index is 10.4. The SMILES string of the molecule is Cc1cccc(CN(C)C2CNCCC2(C)O)n1. The Morgan fingerprint density at radius 2 is 2.33 bits per heavy atom. The summed E-state index contributed by atoms with van der Waals surface area (Å²) in [6.45, 7) is 6.42. The van der Waals surface area contributed by atoms with Gasteiger partial charge in [0.1, 0.15) is 0 Å². The van der Waals surface area contributed by atoms with Gasteiger partial charge in [0.05, 0.1) is 17.3 Å². The fraction of sp³-hybridized carbons (Fsp3) is 0.643. The molecular weight excluding hydrogens is 226 g/mol. The highest BCUT2D eigenvalue weighted by Gasteiger charge is 2.36. The van der Waals surface area contributed by atoms with Crippen molar-refractivity contribution in [3.63, 3.8) is 0 Å². The molecule has 18 heavy (non-hydrogen) atoms. The van der Waals surface area contributed by atoms with E-state index in [1.807, 2.05) is 32.0 Å². The summed E-state index contributed by atoms with van der Waals surface area (Å²) >= 11 is 0. The van der Waals surface area contributed by atoms with E-state index in [1.54, 1.807) is 0 Å². The first-order valence-electron chi connectivity index (χ1n) is 6.55. The molecule has 1 aromatic rings. The van der Waals surface area contributed by atoms with Crippen molar-refractivity contribution in [1.29, 1.82) is 0 Å². The predicted molar refractivity (Wildman–Crippen MR) is 72.3 cm³/mol. The highest BCUT2D eigenvalue weighted by atomic mass is 16.3. The molecule has 0 spiro atoms. The van der Waals surface area contributed by atoms with E-state index in [4.69, 9.17) is 0 Å². The number of hydrogen-bond donors (Lipinski definition) is 2. The van der Waals surface area contributed by atoms with Gasteiger partial charge in [0.2, 0.25) is 0 Å². The second-order valence-corrected chi connectivity index (χ2v) is 5.51. The molecule has 2 heterocycles. The van der Waals surface area contributed by atoms with Crippen molar-refractivity contribution >= 4 is 0 Å². The second kappa shape index (κ2) is 5.34. The number of aryl methyl sites for hydroxylation is 1. The topological polar surface area (TPSA) is 48.4 Å². The van der Waals surface area contributed by atoms with E-state index in [-0.39, 0.29) is 6.04 Å². The van der Waals surface area contributed by atoms with Crippen LogP contribution in [0.5, 0.6) is 0 Å². The molecule has 1 aliphatic rings. The van der Waals surface area contributed by atoms with Crippen LogP contribution in [0.3, 0.4) is 0 Å². The average molecular weight is 249 g/mol. The number of rotatable bonds is 3. The van der Waals surface area contributed by atoms with Crippen LogP contribution >= 0.6 is 0 Å². The van der Waals surface area contributed by atoms with Crippen molar-refractivity contribution < 1.29 is 5.11 Å². The molecule has 2 rings (SSSR count). The summed E-state index contributed by atoms with van der Waals surface area (Å²) in [5.41, 5.74) is 1.47. The molecule has 0 bridgehead atoms. The summed E-state index contributed by atoms with van der Waals surface area (Å²) < 4.78 is 0. The van der Waals surface area contributed by atoms with Crippen LogP contribution < -0.4 is 5.32 Å². The number of nitrogens with zero attached hydrogens (tertiary/aromatic N) is 2. The minimum atomic E-state index is -0.621. The lowest BCUT2D eigenvalue weighted by Gasteiger charge is -2.42. The van der Waals surface area contributed by atoms with Gasteiger partial charge < -0.3 is 10.4 Å². The van der Waals surface area contributed by atoms with Crippen LogP contribution in [0.2, 0.25) is 0 Å². The first kappa shape index (κ1) is 13.5. The van der Waals surface area contributed by atoms with Gasteiger partial charge >= 0.3 is 0 Å². The van der Waals surface area contributed by atoms with E-state index in [0.29, 0.717) is 0 Å². The van der Waals surface area contributed by atoms with Crippen LogP contribution in [0.4, 0.5) is 0 Å². The number of likely N-dealkylation sites (N-methyl/N-ethyl adjacent to an activating group) is 1. The molecule has 2 unspecified atom stereocenters. The van der Waals surface area contributed by atoms with Crippen LogP contribution in [0.25, 0.3) is 0 Å². The highest BCUT2D eigenvalue weighted by Crippen LogP contribution is 2.22. The lowest BCUT2D eigenvalue weighted by molar-refractivity contribution is -0.0476. The Morgan fingerprint density at radius 3 is 3.00 bits per heavy atom. The first-order chi connectivity index (χ1) is 8.49. The average Bonchev–Trinajstić information content (AvgIpc) is 2.28. The Labute approximate surface area is 109 Å². The fourth-order valence-electron chi connectivity index (χ4n) is 2.65. The largest absolute Gasteiger partial charge is 0.388 e. The van der Waals surface area contributed by atoms with Crippen LogP contribution in [0, 0.1) is 6.92 Å². The van der Waals surface area contributed by atoms with Gasteiger partial charge in [-0.1, -0.05) is 6.07 Å². The number of piperidine rings is 1. The molecule has 100 valence electrons. The van der Waals surface area contributed by atoms with E-state index in [1.165, 1.54) is 0 Å². The smallest absolute Gasteiger partial charge is 0.0798 e. The standard InChI is InChI=1S/C14H23N3O/c1-11-5-4-6-12(16-11)10-17(3)13-9-15-8-7-14(13,2)18/h4-6,13,15,18H,7-10H2,1-3H3. The molecular formula is C14H23N3O. The minimum absolute atomic E-state index is 0.133. The second-order valence-electron chi connectivity index (χ2n) is 5.51. The summed E-state index contributed by atoms with van der Waals surface area (Å²) in [5.74, 6) is 0. The molecule has 2 atom stereocenters. The third-order valence-corrected chi connectivity index (χ3v) is 3.75. The molecule has 2 N–H and O–H groups in total. The van der Waals surface area contributed by atoms with Crippen LogP contribution in [0.1, 0.15) is 24.7 Å². The predicted octanol–water partition coefficient (Wildman–Crippen LogP) is 0.935. The van der Waals surface area contributed by atoms with E-state index in [2.05, 4.69) is 22.2 Å². The summed E-state index contributed by atoms with van der Waals surface area (Å²) in [4.78, 5) is 6.70. The van der Waals surface area contributed by atoms with Gasteiger partial charge in [-0.2, -0.15) is 0 Å². The third-order valence-electron chi connectivity index (χ3n) is 3.75. The molecule has 0 saturated carbocycles. The van der Waals surface area contributed by atoms with Crippen LogP contribution in [-0.4, -0.2) is 46.8 Å². The number of nitrogens with one attached hydrogen (secondary N) is 1. The van der Waals surface area contributed by atoms with Crippen molar-refractivity contribution in [2.24, 2.45) is 0 Å². The van der Waals surface area contributed by atoms with Gasteiger partial charge in [0.25, 0.3) is 0 Å². The van der Waals surface area contributed by atoms with E-state index < -0.39 is 5.60 Å². The Bertz CT molecular complexity index is 406. The number of aromatic nitrogens is 1. The Hall–Kier alpha value is -0.970. The zero-order chi connectivity index (χ0) is 13.2. The molecule has 0 aromatic carbocycles. The lowest BCUT2D eigenvalue weighted by atomic mass is 9.88. The van der Waals surface area contributed by atoms with E-state index in [0.717, 1.165) is 37.4 Å². The number of aliphatic hydroxyl groups is 1. The van der Waals surface area contributed by atoms with E-state index in [9.17, 15) is 5.11 Å². The van der Waals surface area contributed by atoms with Gasteiger partial charge in [-0.05, 0) is 46.0 Å². The van der Waals surface area contributed by atoms with Gasteiger partial charge in [0, 0.05) is 18.8 Å². The summed E-state index contributed by atoms with van der Waals surface area (Å²) in [5, 5.41) is 13.8. The Kier molecular flexibility index (Phi) is 4.00. The fourth-order valence-corrected chi connectivity index (χ4v) is 2.65. The van der Waals surface area contributed by atoms with Crippen molar-refractivity contribution in [1.82, 2.24) is 15.2 Å². The highest BCUT2D eigenvalue weighted by molar-refractivity contribution is 5.10. The van der Waals surface area contributed by atoms with Crippen molar-refractivity contribution in [2.75, 3.05) is 20.1 Å². The van der Waals surface area contributed by atoms with Crippen LogP contribution in [-0.2, 0) is 6.54 Å². The maximum absolute atomic E-state index is 10.4. The first-order valence-corrected chi connectivity index (χ1v) is 6.55. The van der Waals surface area contributed by atoms with Gasteiger partial charge in [-0.3, -0.25) is 9.88 Å². The summed E-state index contributed by atoms with van der Waals surface area (Å²) in [7, 11) is 2.05. The minimum Gasteiger partial charge on any atom is -0.388 e. The van der Waals surface area contributed by atoms with Gasteiger partial charge in [0.15, 0.2) is 0 Å². The molecule has 4 nitrogen and oxygen atoms in total. The molecule has 4 heteroatoms. The molecule has 1 aliphatic heterocycles. The quantitative estimate of drug-likeness (QED) is 0.837. The molecule has 1 fully saturated rings. The zero-order valence-corrected chi connectivity index (χ0v) is 11.5. The summed E-state index contributed by atoms with van der Waals surface area (Å²) in [6.07, 6.45) is 0.795. The molecule has 0 radical (unpaired) electrons. The Morgan fingerprint density at radius 1 is 1.56 bits per heavy atom. The molecule has 1 aromatic heterocycles.